The normalized spacial score (nSPS) is 18.0. The molecule has 2 rings (SSSR count). The lowest BCUT2D eigenvalue weighted by atomic mass is 9.87. The first-order valence-corrected chi connectivity index (χ1v) is 11.8. The zero-order chi connectivity index (χ0) is 23.7. The minimum atomic E-state index is -0.0164. The molecule has 1 fully saturated rings. The van der Waals surface area contributed by atoms with Crippen molar-refractivity contribution in [3.05, 3.63) is 58.7 Å². The van der Waals surface area contributed by atoms with Gasteiger partial charge in [0.25, 0.3) is 0 Å². The second kappa shape index (κ2) is 12.5. The molecule has 0 aromatic heterocycles. The number of carbonyl (C=O) groups is 1. The Morgan fingerprint density at radius 3 is 2.50 bits per heavy atom. The summed E-state index contributed by atoms with van der Waals surface area (Å²) in [5.41, 5.74) is 6.21. The minimum absolute atomic E-state index is 0.0164. The first kappa shape index (κ1) is 25.8. The summed E-state index contributed by atoms with van der Waals surface area (Å²) >= 11 is 0. The van der Waals surface area contributed by atoms with Crippen LogP contribution in [0.4, 0.5) is 0 Å². The third-order valence-electron chi connectivity index (χ3n) is 6.29. The fourth-order valence-electron chi connectivity index (χ4n) is 4.18. The molecular weight excluding hydrogens is 396 g/mol. The molecule has 0 saturated carbocycles. The van der Waals surface area contributed by atoms with Crippen molar-refractivity contribution in [2.75, 3.05) is 20.2 Å². The van der Waals surface area contributed by atoms with Gasteiger partial charge >= 0.3 is 0 Å². The number of rotatable bonds is 9. The van der Waals surface area contributed by atoms with E-state index in [0.29, 0.717) is 11.6 Å². The Morgan fingerprint density at radius 2 is 1.94 bits per heavy atom. The van der Waals surface area contributed by atoms with Crippen molar-refractivity contribution in [1.82, 2.24) is 5.32 Å². The number of piperidine rings is 1. The first-order chi connectivity index (χ1) is 15.3. The third kappa shape index (κ3) is 7.03. The van der Waals surface area contributed by atoms with Gasteiger partial charge in [-0.3, -0.25) is 9.79 Å². The Labute approximate surface area is 194 Å². The van der Waals surface area contributed by atoms with E-state index in [1.165, 1.54) is 11.1 Å². The summed E-state index contributed by atoms with van der Waals surface area (Å²) in [7, 11) is 1.67. The van der Waals surface area contributed by atoms with Gasteiger partial charge in [0.1, 0.15) is 5.75 Å². The van der Waals surface area contributed by atoms with Crippen LogP contribution in [0, 0.1) is 18.8 Å². The minimum Gasteiger partial charge on any atom is -0.496 e. The Kier molecular flexibility index (Phi) is 10.1. The van der Waals surface area contributed by atoms with E-state index in [4.69, 9.17) is 9.73 Å². The summed E-state index contributed by atoms with van der Waals surface area (Å²) < 4.78 is 5.51. The Balaban J connectivity index is 2.54. The van der Waals surface area contributed by atoms with Crippen LogP contribution in [0.25, 0.3) is 5.70 Å². The average molecular weight is 437 g/mol. The highest BCUT2D eigenvalue weighted by Gasteiger charge is 2.18. The lowest BCUT2D eigenvalue weighted by Gasteiger charge is -2.24. The van der Waals surface area contributed by atoms with Crippen LogP contribution >= 0.6 is 0 Å². The second-order valence-electron chi connectivity index (χ2n) is 8.77. The summed E-state index contributed by atoms with van der Waals surface area (Å²) in [5, 5.41) is 3.45. The van der Waals surface area contributed by atoms with Gasteiger partial charge in [0.15, 0.2) is 5.78 Å². The highest BCUT2D eigenvalue weighted by molar-refractivity contribution is 6.06. The maximum Gasteiger partial charge on any atom is 0.154 e. The van der Waals surface area contributed by atoms with Crippen LogP contribution in [0.15, 0.2) is 52.6 Å². The van der Waals surface area contributed by atoms with Crippen LogP contribution in [-0.2, 0) is 4.79 Å². The highest BCUT2D eigenvalue weighted by atomic mass is 16.5. The largest absolute Gasteiger partial charge is 0.496 e. The molecular formula is C28H40N2O2. The van der Waals surface area contributed by atoms with E-state index in [9.17, 15) is 4.79 Å². The average Bonchev–Trinajstić information content (AvgIpc) is 2.80. The molecule has 4 nitrogen and oxygen atoms in total. The zero-order valence-electron chi connectivity index (χ0n) is 20.9. The molecule has 1 atom stereocenters. The Hall–Kier alpha value is -2.46. The monoisotopic (exact) mass is 436 g/mol. The van der Waals surface area contributed by atoms with Crippen LogP contribution < -0.4 is 10.1 Å². The van der Waals surface area contributed by atoms with E-state index in [2.05, 4.69) is 45.2 Å². The van der Waals surface area contributed by atoms with Crippen molar-refractivity contribution in [1.29, 1.82) is 0 Å². The molecule has 1 aromatic rings. The molecule has 0 amide bonds. The molecule has 1 saturated heterocycles. The van der Waals surface area contributed by atoms with Gasteiger partial charge in [-0.1, -0.05) is 38.1 Å². The standard InChI is InChI=1S/C28H40N2O2/c1-8-19(3)28(21(5)16-23(9-2)24-12-14-29-15-13-24)30-26(17-22(6)31)25-11-10-20(4)27(18-25)32-7/h9-11,16-19,24,29H,8,12-15H2,1-7H3/b21-16-,23-9+,26-17-,30-28-. The van der Waals surface area contributed by atoms with Crippen molar-refractivity contribution >= 4 is 17.2 Å². The van der Waals surface area contributed by atoms with E-state index in [1.54, 1.807) is 20.1 Å². The van der Waals surface area contributed by atoms with Crippen molar-refractivity contribution in [3.63, 3.8) is 0 Å². The summed E-state index contributed by atoms with van der Waals surface area (Å²) in [5.74, 6) is 1.65. The van der Waals surface area contributed by atoms with Gasteiger partial charge in [-0.2, -0.15) is 0 Å². The van der Waals surface area contributed by atoms with Crippen molar-refractivity contribution in [3.8, 4) is 5.75 Å². The van der Waals surface area contributed by atoms with E-state index < -0.39 is 0 Å². The molecule has 1 heterocycles. The molecule has 0 spiro atoms. The molecule has 0 bridgehead atoms. The molecule has 1 unspecified atom stereocenters. The van der Waals surface area contributed by atoms with E-state index >= 15 is 0 Å². The summed E-state index contributed by atoms with van der Waals surface area (Å²) in [6, 6.07) is 5.99. The number of ether oxygens (including phenoxy) is 1. The number of hydrogen-bond donors (Lipinski definition) is 1. The Bertz CT molecular complexity index is 915. The fraction of sp³-hybridized carbons (Fsp3) is 0.500. The first-order valence-electron chi connectivity index (χ1n) is 11.8. The van der Waals surface area contributed by atoms with Crippen molar-refractivity contribution < 1.29 is 9.53 Å². The number of benzene rings is 1. The zero-order valence-corrected chi connectivity index (χ0v) is 20.9. The van der Waals surface area contributed by atoms with Crippen molar-refractivity contribution in [2.24, 2.45) is 16.8 Å². The lowest BCUT2D eigenvalue weighted by Crippen LogP contribution is -2.28. The summed E-state index contributed by atoms with van der Waals surface area (Å²) in [6.45, 7) is 14.4. The van der Waals surface area contributed by atoms with Crippen LogP contribution in [0.5, 0.6) is 5.75 Å². The number of hydrogen-bond acceptors (Lipinski definition) is 4. The quantitative estimate of drug-likeness (QED) is 0.280. The van der Waals surface area contributed by atoms with Crippen LogP contribution in [0.2, 0.25) is 0 Å². The number of methoxy groups -OCH3 is 1. The van der Waals surface area contributed by atoms with Gasteiger partial charge in [0.2, 0.25) is 0 Å². The SMILES string of the molecule is C\C=C(/C=C(C)\C(=N/C(=C\C(C)=O)c1ccc(C)c(OC)c1)C(C)CC)C1CCNCC1. The lowest BCUT2D eigenvalue weighted by molar-refractivity contribution is -0.112. The van der Waals surface area contributed by atoms with Gasteiger partial charge in [-0.15, -0.1) is 0 Å². The smallest absolute Gasteiger partial charge is 0.154 e. The predicted molar refractivity (Wildman–Crippen MR) is 136 cm³/mol. The van der Waals surface area contributed by atoms with E-state index in [-0.39, 0.29) is 11.7 Å². The van der Waals surface area contributed by atoms with Gasteiger partial charge in [0, 0.05) is 17.4 Å². The number of aliphatic imine (C=N–C) groups is 1. The molecule has 1 N–H and O–H groups in total. The topological polar surface area (TPSA) is 50.7 Å². The molecule has 32 heavy (non-hydrogen) atoms. The molecule has 0 radical (unpaired) electrons. The molecule has 174 valence electrons. The number of allylic oxidation sites excluding steroid dienone is 5. The van der Waals surface area contributed by atoms with Gasteiger partial charge in [0.05, 0.1) is 12.8 Å². The maximum atomic E-state index is 12.1. The molecule has 1 aromatic carbocycles. The molecule has 1 aliphatic rings. The highest BCUT2D eigenvalue weighted by Crippen LogP contribution is 2.28. The third-order valence-corrected chi connectivity index (χ3v) is 6.29. The Morgan fingerprint density at radius 1 is 1.25 bits per heavy atom. The van der Waals surface area contributed by atoms with Gasteiger partial charge in [-0.05, 0) is 94.7 Å². The summed E-state index contributed by atoms with van der Waals surface area (Å²) in [4.78, 5) is 17.2. The van der Waals surface area contributed by atoms with Crippen LogP contribution in [0.3, 0.4) is 0 Å². The maximum absolute atomic E-state index is 12.1. The van der Waals surface area contributed by atoms with E-state index in [0.717, 1.165) is 54.9 Å². The van der Waals surface area contributed by atoms with Crippen LogP contribution in [-0.4, -0.2) is 31.7 Å². The molecule has 1 aliphatic heterocycles. The fourth-order valence-corrected chi connectivity index (χ4v) is 4.18. The van der Waals surface area contributed by atoms with Gasteiger partial charge in [-0.25, -0.2) is 0 Å². The number of nitrogens with zero attached hydrogens (tertiary/aromatic N) is 1. The van der Waals surface area contributed by atoms with Crippen LogP contribution in [0.1, 0.15) is 65.0 Å². The second-order valence-corrected chi connectivity index (χ2v) is 8.77. The number of ketones is 1. The van der Waals surface area contributed by atoms with Crippen molar-refractivity contribution in [2.45, 2.75) is 60.8 Å². The predicted octanol–water partition coefficient (Wildman–Crippen LogP) is 6.31. The van der Waals surface area contributed by atoms with Gasteiger partial charge < -0.3 is 10.1 Å². The summed E-state index contributed by atoms with van der Waals surface area (Å²) in [6.07, 6.45) is 9.49. The molecule has 4 heteroatoms. The number of carbonyl (C=O) groups excluding carboxylic acids is 1. The number of aryl methyl sites for hydroxylation is 1. The number of nitrogens with one attached hydrogen (secondary N) is 1. The van der Waals surface area contributed by atoms with E-state index in [1.807, 2.05) is 25.1 Å². The molecule has 0 aliphatic carbocycles.